The second kappa shape index (κ2) is 14.6. The maximum Gasteiger partial charge on any atom is 0.326 e. The molecule has 8 nitrogen and oxygen atoms in total. The van der Waals surface area contributed by atoms with Crippen molar-refractivity contribution >= 4 is 21.7 Å². The van der Waals surface area contributed by atoms with E-state index in [0.717, 1.165) is 47.4 Å². The van der Waals surface area contributed by atoms with Gasteiger partial charge < -0.3 is 15.2 Å². The number of carboxylic acids is 1. The molecule has 1 aliphatic carbocycles. The second-order valence-corrected chi connectivity index (χ2v) is 14.5. The molecule has 0 radical (unpaired) electrons. The number of likely N-dealkylation sites (tertiary alicyclic amines) is 1. The van der Waals surface area contributed by atoms with E-state index in [1.165, 1.54) is 44.9 Å². The van der Waals surface area contributed by atoms with E-state index in [1.807, 2.05) is 37.3 Å². The van der Waals surface area contributed by atoms with E-state index in [9.17, 15) is 23.1 Å². The van der Waals surface area contributed by atoms with Crippen LogP contribution in [0, 0.1) is 12.8 Å². The number of aliphatic carboxylic acids is 1. The third-order valence-corrected chi connectivity index (χ3v) is 9.95. The van der Waals surface area contributed by atoms with Gasteiger partial charge in [-0.05, 0) is 72.9 Å². The van der Waals surface area contributed by atoms with Crippen LogP contribution in [0.1, 0.15) is 79.3 Å². The van der Waals surface area contributed by atoms with Crippen molar-refractivity contribution in [3.8, 4) is 11.1 Å². The van der Waals surface area contributed by atoms with E-state index in [4.69, 9.17) is 4.74 Å². The maximum atomic E-state index is 13.5. The topological polar surface area (TPSA) is 113 Å². The Hall–Kier alpha value is -2.75. The van der Waals surface area contributed by atoms with Crippen molar-refractivity contribution in [3.63, 3.8) is 0 Å². The summed E-state index contributed by atoms with van der Waals surface area (Å²) >= 11 is 0. The quantitative estimate of drug-likeness (QED) is 0.325. The Morgan fingerprint density at radius 3 is 2.40 bits per heavy atom. The van der Waals surface area contributed by atoms with Gasteiger partial charge in [0.25, 0.3) is 5.91 Å². The fourth-order valence-corrected chi connectivity index (χ4v) is 7.39. The molecule has 1 amide bonds. The van der Waals surface area contributed by atoms with E-state index >= 15 is 0 Å². The van der Waals surface area contributed by atoms with Crippen molar-refractivity contribution < 1.29 is 27.9 Å². The number of sulfone groups is 1. The van der Waals surface area contributed by atoms with Gasteiger partial charge in [0.1, 0.15) is 15.9 Å². The number of hydrogen-bond donors (Lipinski definition) is 2. The number of carboxylic acid groups (broad SMARTS) is 1. The van der Waals surface area contributed by atoms with Gasteiger partial charge in [0, 0.05) is 37.6 Å². The third kappa shape index (κ3) is 8.64. The number of benzene rings is 2. The van der Waals surface area contributed by atoms with Crippen molar-refractivity contribution in [2.45, 2.75) is 89.4 Å². The van der Waals surface area contributed by atoms with Gasteiger partial charge >= 0.3 is 5.97 Å². The summed E-state index contributed by atoms with van der Waals surface area (Å²) in [4.78, 5) is 28.0. The molecule has 0 unspecified atom stereocenters. The van der Waals surface area contributed by atoms with E-state index in [0.29, 0.717) is 24.3 Å². The van der Waals surface area contributed by atoms with Gasteiger partial charge in [0.2, 0.25) is 0 Å². The highest BCUT2D eigenvalue weighted by Crippen LogP contribution is 2.36. The van der Waals surface area contributed by atoms with E-state index < -0.39 is 27.8 Å². The predicted molar refractivity (Wildman–Crippen MR) is 165 cm³/mol. The minimum Gasteiger partial charge on any atom is -0.480 e. The summed E-state index contributed by atoms with van der Waals surface area (Å²) in [6.07, 6.45) is 11.0. The van der Waals surface area contributed by atoms with Crippen LogP contribution in [0.3, 0.4) is 0 Å². The van der Waals surface area contributed by atoms with Crippen molar-refractivity contribution in [1.82, 2.24) is 10.2 Å². The molecule has 2 aromatic rings. The van der Waals surface area contributed by atoms with Crippen LogP contribution in [-0.2, 0) is 25.9 Å². The van der Waals surface area contributed by atoms with Crippen LogP contribution in [-0.4, -0.2) is 74.2 Å². The van der Waals surface area contributed by atoms with E-state index in [2.05, 4.69) is 16.3 Å². The summed E-state index contributed by atoms with van der Waals surface area (Å²) in [6.45, 7) is 3.43. The second-order valence-electron chi connectivity index (χ2n) is 12.2. The lowest BCUT2D eigenvalue weighted by molar-refractivity contribution is -0.139. The van der Waals surface area contributed by atoms with Crippen molar-refractivity contribution in [2.75, 3.05) is 25.7 Å². The summed E-state index contributed by atoms with van der Waals surface area (Å²) in [5.41, 5.74) is 4.10. The molecule has 2 aliphatic rings. The fourth-order valence-electron chi connectivity index (χ4n) is 6.73. The number of rotatable bonds is 13. The Morgan fingerprint density at radius 2 is 1.74 bits per heavy atom. The van der Waals surface area contributed by atoms with Crippen molar-refractivity contribution in [3.05, 3.63) is 59.2 Å². The molecule has 9 heteroatoms. The lowest BCUT2D eigenvalue weighted by Crippen LogP contribution is -2.42. The van der Waals surface area contributed by atoms with E-state index in [1.54, 1.807) is 13.2 Å². The smallest absolute Gasteiger partial charge is 0.326 e. The minimum absolute atomic E-state index is 0.198. The van der Waals surface area contributed by atoms with Gasteiger partial charge in [0.05, 0.1) is 12.4 Å². The van der Waals surface area contributed by atoms with Gasteiger partial charge in [-0.2, -0.15) is 0 Å². The first-order chi connectivity index (χ1) is 20.1. The summed E-state index contributed by atoms with van der Waals surface area (Å²) in [7, 11) is -1.62. The van der Waals surface area contributed by atoms with Gasteiger partial charge in [-0.3, -0.25) is 9.69 Å². The fraction of sp³-hybridized carbons (Fsp3) is 0.576. The van der Waals surface area contributed by atoms with Crippen LogP contribution in [0.2, 0.25) is 0 Å². The van der Waals surface area contributed by atoms with Crippen molar-refractivity contribution in [1.29, 1.82) is 0 Å². The first-order valence-electron chi connectivity index (χ1n) is 15.2. The van der Waals surface area contributed by atoms with Gasteiger partial charge in [-0.1, -0.05) is 62.4 Å². The number of hydrogen-bond acceptors (Lipinski definition) is 6. The van der Waals surface area contributed by atoms with E-state index in [-0.39, 0.29) is 12.2 Å². The molecule has 4 rings (SSSR count). The highest BCUT2D eigenvalue weighted by molar-refractivity contribution is 7.90. The zero-order valence-corrected chi connectivity index (χ0v) is 26.0. The standard InChI is InChI=1S/C33H46N2O6S/c1-23-9-7-8-12-28(23)30-20-25(13-16-29(30)32(36)34-31(33(37)38)17-18-42(3,39)40)21-35-26(14-15-27(35)22-41-2)19-24-10-5-4-6-11-24/h7-9,12-13,16,20,24,26-27,31H,4-6,10-11,14-15,17-19,21-22H2,1-3H3,(H,34,36)(H,37,38)/t26-,27+,31-/m0/s1. The molecule has 1 saturated heterocycles. The molecule has 42 heavy (non-hydrogen) atoms. The molecule has 2 aromatic carbocycles. The lowest BCUT2D eigenvalue weighted by Gasteiger charge is -2.33. The molecule has 1 heterocycles. The molecule has 3 atom stereocenters. The molecule has 2 N–H and O–H groups in total. The number of methoxy groups -OCH3 is 1. The number of nitrogens with zero attached hydrogens (tertiary/aromatic N) is 1. The summed E-state index contributed by atoms with van der Waals surface area (Å²) in [5.74, 6) is -1.34. The lowest BCUT2D eigenvalue weighted by atomic mass is 9.84. The highest BCUT2D eigenvalue weighted by atomic mass is 32.2. The number of amides is 1. The summed E-state index contributed by atoms with van der Waals surface area (Å²) in [6, 6.07) is 13.2. The molecular formula is C33H46N2O6S. The molecule has 2 fully saturated rings. The number of nitrogens with one attached hydrogen (secondary N) is 1. The molecule has 0 aromatic heterocycles. The Labute approximate surface area is 250 Å². The Bertz CT molecular complexity index is 1340. The van der Waals surface area contributed by atoms with Gasteiger partial charge in [-0.25, -0.2) is 13.2 Å². The largest absolute Gasteiger partial charge is 0.480 e. The van der Waals surface area contributed by atoms with Crippen LogP contribution >= 0.6 is 0 Å². The highest BCUT2D eigenvalue weighted by Gasteiger charge is 2.35. The average Bonchev–Trinajstić information content (AvgIpc) is 3.31. The number of carbonyl (C=O) groups is 2. The third-order valence-electron chi connectivity index (χ3n) is 8.97. The molecule has 230 valence electrons. The van der Waals surface area contributed by atoms with Crippen LogP contribution in [0.4, 0.5) is 0 Å². The zero-order chi connectivity index (χ0) is 30.3. The predicted octanol–water partition coefficient (Wildman–Crippen LogP) is 5.23. The zero-order valence-electron chi connectivity index (χ0n) is 25.2. The van der Waals surface area contributed by atoms with Gasteiger partial charge in [-0.15, -0.1) is 0 Å². The Morgan fingerprint density at radius 1 is 1.02 bits per heavy atom. The van der Waals surface area contributed by atoms with Crippen LogP contribution in [0.25, 0.3) is 11.1 Å². The van der Waals surface area contributed by atoms with Crippen molar-refractivity contribution in [2.24, 2.45) is 5.92 Å². The number of carbonyl (C=O) groups excluding carboxylic acids is 1. The Balaban J connectivity index is 1.62. The summed E-state index contributed by atoms with van der Waals surface area (Å²) in [5, 5.41) is 12.3. The molecule has 1 aliphatic heterocycles. The van der Waals surface area contributed by atoms with Crippen LogP contribution in [0.5, 0.6) is 0 Å². The maximum absolute atomic E-state index is 13.5. The normalized spacial score (nSPS) is 20.8. The SMILES string of the molecule is COC[C@H]1CC[C@@H](CC2CCCCC2)N1Cc1ccc(C(=O)N[C@@H](CCS(C)(=O)=O)C(=O)O)c(-c2ccccc2C)c1. The monoisotopic (exact) mass is 598 g/mol. The van der Waals surface area contributed by atoms with Gasteiger partial charge in [0.15, 0.2) is 0 Å². The average molecular weight is 599 g/mol. The molecular weight excluding hydrogens is 552 g/mol. The Kier molecular flexibility index (Phi) is 11.2. The number of ether oxygens (including phenoxy) is 1. The van der Waals surface area contributed by atoms with Crippen LogP contribution < -0.4 is 5.32 Å². The van der Waals surface area contributed by atoms with Crippen LogP contribution in [0.15, 0.2) is 42.5 Å². The number of aryl methyl sites for hydroxylation is 1. The minimum atomic E-state index is -3.38. The first-order valence-corrected chi connectivity index (χ1v) is 17.3. The molecule has 0 spiro atoms. The molecule has 1 saturated carbocycles. The first kappa shape index (κ1) is 32.2. The molecule has 0 bridgehead atoms. The summed E-state index contributed by atoms with van der Waals surface area (Å²) < 4.78 is 28.9.